The Bertz CT molecular complexity index is 369. The molecule has 0 amide bonds. The highest BCUT2D eigenvalue weighted by Gasteiger charge is 2.30. The number of nitrogens with one attached hydrogen (secondary N) is 1. The van der Waals surface area contributed by atoms with E-state index in [0.717, 1.165) is 25.1 Å². The molecule has 0 saturated heterocycles. The number of aliphatic hydroxyl groups excluding tert-OH is 1. The number of aliphatic hydroxyl groups is 1. The highest BCUT2D eigenvalue weighted by atomic mass is 16.5. The molecule has 120 valence electrons. The van der Waals surface area contributed by atoms with Crippen molar-refractivity contribution in [2.24, 2.45) is 5.92 Å². The summed E-state index contributed by atoms with van der Waals surface area (Å²) in [6, 6.07) is 10.2. The predicted molar refractivity (Wildman–Crippen MR) is 88.4 cm³/mol. The molecule has 1 aromatic rings. The Morgan fingerprint density at radius 2 is 1.95 bits per heavy atom. The lowest BCUT2D eigenvalue weighted by Gasteiger charge is -2.33. The van der Waals surface area contributed by atoms with Crippen molar-refractivity contribution < 1.29 is 9.84 Å². The number of hydrogen-bond acceptors (Lipinski definition) is 3. The van der Waals surface area contributed by atoms with Gasteiger partial charge in [-0.3, -0.25) is 0 Å². The Morgan fingerprint density at radius 1 is 1.24 bits per heavy atom. The van der Waals surface area contributed by atoms with Crippen LogP contribution in [0.25, 0.3) is 0 Å². The van der Waals surface area contributed by atoms with Gasteiger partial charge >= 0.3 is 0 Å². The first-order chi connectivity index (χ1) is 10.2. The first kappa shape index (κ1) is 18.1. The fraction of sp³-hybridized carbons (Fsp3) is 0.667. The van der Waals surface area contributed by atoms with E-state index in [0.29, 0.717) is 12.5 Å². The third-order valence-electron chi connectivity index (χ3n) is 3.97. The van der Waals surface area contributed by atoms with E-state index in [2.05, 4.69) is 38.2 Å². The van der Waals surface area contributed by atoms with Gasteiger partial charge in [0.2, 0.25) is 0 Å². The molecule has 0 heterocycles. The van der Waals surface area contributed by atoms with Crippen LogP contribution in [0.15, 0.2) is 30.3 Å². The molecule has 2 N–H and O–H groups in total. The highest BCUT2D eigenvalue weighted by molar-refractivity contribution is 5.24. The molecule has 2 atom stereocenters. The average molecular weight is 293 g/mol. The molecule has 1 aromatic carbocycles. The van der Waals surface area contributed by atoms with Crippen LogP contribution in [-0.2, 0) is 10.3 Å². The normalized spacial score (nSPS) is 15.6. The molecule has 2 unspecified atom stereocenters. The van der Waals surface area contributed by atoms with Gasteiger partial charge in [-0.05, 0) is 30.9 Å². The molecule has 0 aromatic heterocycles. The van der Waals surface area contributed by atoms with Crippen molar-refractivity contribution in [3.8, 4) is 0 Å². The SMILES string of the molecule is CCCC(C)COCCC(CO)(NCC)c1ccccc1. The van der Waals surface area contributed by atoms with Gasteiger partial charge in [-0.25, -0.2) is 0 Å². The lowest BCUT2D eigenvalue weighted by atomic mass is 9.87. The Kier molecular flexibility index (Phi) is 8.58. The molecule has 1 rings (SSSR count). The summed E-state index contributed by atoms with van der Waals surface area (Å²) < 4.78 is 5.82. The highest BCUT2D eigenvalue weighted by Crippen LogP contribution is 2.25. The van der Waals surface area contributed by atoms with Crippen LogP contribution in [0.1, 0.15) is 45.6 Å². The molecule has 0 spiro atoms. The van der Waals surface area contributed by atoms with Gasteiger partial charge in [-0.2, -0.15) is 0 Å². The minimum Gasteiger partial charge on any atom is -0.394 e. The Labute approximate surface area is 129 Å². The number of rotatable bonds is 11. The van der Waals surface area contributed by atoms with Crippen LogP contribution in [0, 0.1) is 5.92 Å². The van der Waals surface area contributed by atoms with Crippen LogP contribution in [0.5, 0.6) is 0 Å². The molecule has 0 fully saturated rings. The number of benzene rings is 1. The van der Waals surface area contributed by atoms with Crippen molar-refractivity contribution in [2.45, 2.75) is 45.6 Å². The Hall–Kier alpha value is -0.900. The number of ether oxygens (including phenoxy) is 1. The van der Waals surface area contributed by atoms with Gasteiger partial charge in [-0.1, -0.05) is 57.5 Å². The van der Waals surface area contributed by atoms with Crippen LogP contribution in [0.2, 0.25) is 0 Å². The molecular weight excluding hydrogens is 262 g/mol. The van der Waals surface area contributed by atoms with Crippen molar-refractivity contribution in [1.82, 2.24) is 5.32 Å². The van der Waals surface area contributed by atoms with Crippen LogP contribution in [0.3, 0.4) is 0 Å². The molecule has 3 nitrogen and oxygen atoms in total. The molecule has 0 aliphatic carbocycles. The van der Waals surface area contributed by atoms with E-state index in [-0.39, 0.29) is 6.61 Å². The van der Waals surface area contributed by atoms with E-state index < -0.39 is 5.54 Å². The minimum atomic E-state index is -0.399. The quantitative estimate of drug-likeness (QED) is 0.615. The number of hydrogen-bond donors (Lipinski definition) is 2. The third kappa shape index (κ3) is 5.77. The van der Waals surface area contributed by atoms with E-state index in [1.165, 1.54) is 12.8 Å². The summed E-state index contributed by atoms with van der Waals surface area (Å²) in [5.41, 5.74) is 0.726. The van der Waals surface area contributed by atoms with Gasteiger partial charge in [-0.15, -0.1) is 0 Å². The van der Waals surface area contributed by atoms with Crippen LogP contribution in [0.4, 0.5) is 0 Å². The molecule has 3 heteroatoms. The topological polar surface area (TPSA) is 41.5 Å². The van der Waals surface area contributed by atoms with E-state index >= 15 is 0 Å². The third-order valence-corrected chi connectivity index (χ3v) is 3.97. The van der Waals surface area contributed by atoms with E-state index in [1.54, 1.807) is 0 Å². The molecule has 0 saturated carbocycles. The Balaban J connectivity index is 2.58. The van der Waals surface area contributed by atoms with E-state index in [9.17, 15) is 5.11 Å². The van der Waals surface area contributed by atoms with E-state index in [1.807, 2.05) is 18.2 Å². The van der Waals surface area contributed by atoms with Crippen molar-refractivity contribution in [3.05, 3.63) is 35.9 Å². The fourth-order valence-electron chi connectivity index (χ4n) is 2.76. The minimum absolute atomic E-state index is 0.0821. The monoisotopic (exact) mass is 293 g/mol. The zero-order valence-corrected chi connectivity index (χ0v) is 13.8. The van der Waals surface area contributed by atoms with Crippen molar-refractivity contribution in [3.63, 3.8) is 0 Å². The van der Waals surface area contributed by atoms with Crippen LogP contribution >= 0.6 is 0 Å². The smallest absolute Gasteiger partial charge is 0.0691 e. The fourth-order valence-corrected chi connectivity index (χ4v) is 2.76. The summed E-state index contributed by atoms with van der Waals surface area (Å²) in [6.07, 6.45) is 3.18. The second-order valence-corrected chi connectivity index (χ2v) is 5.86. The van der Waals surface area contributed by atoms with Crippen LogP contribution in [-0.4, -0.2) is 31.5 Å². The van der Waals surface area contributed by atoms with Gasteiger partial charge in [0.05, 0.1) is 12.1 Å². The predicted octanol–water partition coefficient (Wildman–Crippen LogP) is 3.33. The number of likely N-dealkylation sites (N-methyl/N-ethyl adjacent to an activating group) is 1. The first-order valence-electron chi connectivity index (χ1n) is 8.17. The molecule has 0 aliphatic heterocycles. The Morgan fingerprint density at radius 3 is 2.52 bits per heavy atom. The van der Waals surface area contributed by atoms with Crippen molar-refractivity contribution >= 4 is 0 Å². The molecule has 0 aliphatic rings. The van der Waals surface area contributed by atoms with Gasteiger partial charge in [0.1, 0.15) is 0 Å². The summed E-state index contributed by atoms with van der Waals surface area (Å²) in [6.45, 7) is 8.86. The van der Waals surface area contributed by atoms with Crippen LogP contribution < -0.4 is 5.32 Å². The van der Waals surface area contributed by atoms with Crippen molar-refractivity contribution in [2.75, 3.05) is 26.4 Å². The summed E-state index contributed by atoms with van der Waals surface area (Å²) in [5, 5.41) is 13.4. The molecule has 21 heavy (non-hydrogen) atoms. The van der Waals surface area contributed by atoms with Gasteiger partial charge in [0, 0.05) is 13.2 Å². The maximum atomic E-state index is 9.94. The molecular formula is C18H31NO2. The van der Waals surface area contributed by atoms with Gasteiger partial charge < -0.3 is 15.2 Å². The first-order valence-corrected chi connectivity index (χ1v) is 8.17. The lowest BCUT2D eigenvalue weighted by molar-refractivity contribution is 0.0624. The second kappa shape index (κ2) is 9.93. The summed E-state index contributed by atoms with van der Waals surface area (Å²) in [4.78, 5) is 0. The summed E-state index contributed by atoms with van der Waals surface area (Å²) in [5.74, 6) is 0.606. The maximum Gasteiger partial charge on any atom is 0.0691 e. The van der Waals surface area contributed by atoms with Gasteiger partial charge in [0.15, 0.2) is 0 Å². The van der Waals surface area contributed by atoms with Gasteiger partial charge in [0.25, 0.3) is 0 Å². The maximum absolute atomic E-state index is 9.94. The standard InChI is InChI=1S/C18H31NO2/c1-4-9-16(3)14-21-13-12-18(15-20,19-5-2)17-10-7-6-8-11-17/h6-8,10-11,16,19-20H,4-5,9,12-15H2,1-3H3. The average Bonchev–Trinajstić information content (AvgIpc) is 2.51. The summed E-state index contributed by atoms with van der Waals surface area (Å²) >= 11 is 0. The molecule has 0 bridgehead atoms. The summed E-state index contributed by atoms with van der Waals surface area (Å²) in [7, 11) is 0. The second-order valence-electron chi connectivity index (χ2n) is 5.86. The zero-order chi connectivity index (χ0) is 15.6. The van der Waals surface area contributed by atoms with Crippen molar-refractivity contribution in [1.29, 1.82) is 0 Å². The largest absolute Gasteiger partial charge is 0.394 e. The lowest BCUT2D eigenvalue weighted by Crippen LogP contribution is -2.46. The van der Waals surface area contributed by atoms with E-state index in [4.69, 9.17) is 4.74 Å². The molecule has 0 radical (unpaired) electrons. The zero-order valence-electron chi connectivity index (χ0n) is 13.8.